The van der Waals surface area contributed by atoms with Gasteiger partial charge in [-0.1, -0.05) is 55.1 Å². The van der Waals surface area contributed by atoms with Crippen LogP contribution in [-0.2, 0) is 11.2 Å². The average molecular weight is 384 g/mol. The fraction of sp³-hybridized carbons (Fsp3) is 0.192. The molecule has 0 fully saturated rings. The van der Waals surface area contributed by atoms with Crippen molar-refractivity contribution < 1.29 is 14.6 Å². The van der Waals surface area contributed by atoms with Crippen molar-refractivity contribution in [2.45, 2.75) is 31.6 Å². The van der Waals surface area contributed by atoms with Crippen LogP contribution in [0.5, 0.6) is 11.5 Å². The van der Waals surface area contributed by atoms with Gasteiger partial charge in [-0.05, 0) is 77.3 Å². The number of aliphatic carboxylic acids is 1. The number of para-hydroxylation sites is 1. The Labute approximate surface area is 171 Å². The van der Waals surface area contributed by atoms with Gasteiger partial charge >= 0.3 is 5.97 Å². The molecule has 0 heterocycles. The van der Waals surface area contributed by atoms with Crippen molar-refractivity contribution in [3.8, 4) is 11.5 Å². The number of aryl methyl sites for hydroxylation is 1. The van der Waals surface area contributed by atoms with Crippen LogP contribution < -0.4 is 4.74 Å². The maximum Gasteiger partial charge on any atom is 0.303 e. The number of carboxylic acids is 1. The molecule has 0 aromatic heterocycles. The summed E-state index contributed by atoms with van der Waals surface area (Å²) in [6, 6.07) is 24.0. The molecule has 1 N–H and O–H groups in total. The van der Waals surface area contributed by atoms with Gasteiger partial charge in [0.15, 0.2) is 0 Å². The molecule has 0 saturated heterocycles. The number of hydrogen-bond acceptors (Lipinski definition) is 2. The minimum absolute atomic E-state index is 0.119. The summed E-state index contributed by atoms with van der Waals surface area (Å²) in [5.74, 6) is 0.988. The van der Waals surface area contributed by atoms with E-state index in [0.717, 1.165) is 47.5 Å². The second-order valence-electron chi connectivity index (χ2n) is 7.52. The molecule has 0 radical (unpaired) electrons. The number of ether oxygens (including phenoxy) is 1. The molecule has 3 heteroatoms. The predicted octanol–water partition coefficient (Wildman–Crippen LogP) is 6.44. The molecule has 0 unspecified atom stereocenters. The SMILES string of the molecule is C=C(c1ccc(Oc2ccccc2)cc1)c1ccc2c(c1)CCC[C@@H]2CC(=O)O. The van der Waals surface area contributed by atoms with Gasteiger partial charge in [0.25, 0.3) is 0 Å². The monoisotopic (exact) mass is 384 g/mol. The van der Waals surface area contributed by atoms with Crippen LogP contribution in [0.4, 0.5) is 0 Å². The van der Waals surface area contributed by atoms with E-state index in [2.05, 4.69) is 24.8 Å². The third kappa shape index (κ3) is 4.40. The molecular formula is C26H24O3. The largest absolute Gasteiger partial charge is 0.481 e. The molecule has 0 amide bonds. The molecule has 0 spiro atoms. The minimum atomic E-state index is -0.728. The third-order valence-corrected chi connectivity index (χ3v) is 5.53. The number of benzene rings is 3. The standard InChI is InChI=1S/C26H24O3/c1-18(19-10-13-24(14-11-19)29-23-8-3-2-4-9-23)20-12-15-25-21(16-20)6-5-7-22(25)17-26(27)28/h2-4,8-16,22H,1,5-7,17H2,(H,27,28)/t22-/m1/s1. The summed E-state index contributed by atoms with van der Waals surface area (Å²) in [7, 11) is 0. The van der Waals surface area contributed by atoms with E-state index in [-0.39, 0.29) is 12.3 Å². The quantitative estimate of drug-likeness (QED) is 0.532. The van der Waals surface area contributed by atoms with E-state index in [0.29, 0.717) is 0 Å². The van der Waals surface area contributed by atoms with Gasteiger partial charge in [0.2, 0.25) is 0 Å². The molecule has 0 aliphatic heterocycles. The number of hydrogen-bond donors (Lipinski definition) is 1. The second kappa shape index (κ2) is 8.36. The summed E-state index contributed by atoms with van der Waals surface area (Å²) in [5.41, 5.74) is 5.52. The zero-order valence-electron chi connectivity index (χ0n) is 16.3. The molecule has 3 nitrogen and oxygen atoms in total. The van der Waals surface area contributed by atoms with E-state index < -0.39 is 5.97 Å². The highest BCUT2D eigenvalue weighted by atomic mass is 16.5. The van der Waals surface area contributed by atoms with E-state index in [1.165, 1.54) is 11.1 Å². The first-order chi connectivity index (χ1) is 14.1. The van der Waals surface area contributed by atoms with Crippen LogP contribution in [0.2, 0.25) is 0 Å². The summed E-state index contributed by atoms with van der Waals surface area (Å²) in [6.07, 6.45) is 3.18. The van der Waals surface area contributed by atoms with Crippen molar-refractivity contribution in [1.82, 2.24) is 0 Å². The molecule has 0 bridgehead atoms. The Hall–Kier alpha value is -3.33. The predicted molar refractivity (Wildman–Crippen MR) is 115 cm³/mol. The van der Waals surface area contributed by atoms with Crippen LogP contribution >= 0.6 is 0 Å². The Balaban J connectivity index is 1.51. The molecule has 4 rings (SSSR count). The van der Waals surface area contributed by atoms with Crippen molar-refractivity contribution in [3.63, 3.8) is 0 Å². The molecule has 3 aromatic rings. The Morgan fingerprint density at radius 3 is 2.38 bits per heavy atom. The highest BCUT2D eigenvalue weighted by Crippen LogP contribution is 2.36. The van der Waals surface area contributed by atoms with Crippen molar-refractivity contribution in [1.29, 1.82) is 0 Å². The summed E-state index contributed by atoms with van der Waals surface area (Å²) < 4.78 is 5.86. The normalized spacial score (nSPS) is 15.4. The molecule has 1 aliphatic carbocycles. The number of rotatable bonds is 6. The first kappa shape index (κ1) is 19.0. The topological polar surface area (TPSA) is 46.5 Å². The number of carbonyl (C=O) groups is 1. The molecule has 3 aromatic carbocycles. The van der Waals surface area contributed by atoms with Crippen LogP contribution in [0.25, 0.3) is 5.57 Å². The van der Waals surface area contributed by atoms with Gasteiger partial charge in [-0.25, -0.2) is 0 Å². The summed E-state index contributed by atoms with van der Waals surface area (Å²) in [4.78, 5) is 11.2. The van der Waals surface area contributed by atoms with E-state index in [1.807, 2.05) is 54.6 Å². The lowest BCUT2D eigenvalue weighted by atomic mass is 9.80. The highest BCUT2D eigenvalue weighted by molar-refractivity contribution is 5.79. The van der Waals surface area contributed by atoms with Gasteiger partial charge in [0.1, 0.15) is 11.5 Å². The summed E-state index contributed by atoms with van der Waals surface area (Å²) >= 11 is 0. The Morgan fingerprint density at radius 1 is 0.966 bits per heavy atom. The second-order valence-corrected chi connectivity index (χ2v) is 7.52. The number of carboxylic acid groups (broad SMARTS) is 1. The van der Waals surface area contributed by atoms with Crippen LogP contribution in [0.1, 0.15) is 47.4 Å². The van der Waals surface area contributed by atoms with Crippen LogP contribution in [0, 0.1) is 0 Å². The highest BCUT2D eigenvalue weighted by Gasteiger charge is 2.23. The first-order valence-corrected chi connectivity index (χ1v) is 9.97. The minimum Gasteiger partial charge on any atom is -0.481 e. The Bertz CT molecular complexity index is 1020. The van der Waals surface area contributed by atoms with Crippen molar-refractivity contribution >= 4 is 11.5 Å². The summed E-state index contributed by atoms with van der Waals surface area (Å²) in [6.45, 7) is 4.29. The van der Waals surface area contributed by atoms with Gasteiger partial charge in [-0.15, -0.1) is 0 Å². The van der Waals surface area contributed by atoms with Crippen molar-refractivity contribution in [3.05, 3.63) is 102 Å². The zero-order valence-corrected chi connectivity index (χ0v) is 16.3. The van der Waals surface area contributed by atoms with Gasteiger partial charge in [0, 0.05) is 0 Å². The van der Waals surface area contributed by atoms with Gasteiger partial charge < -0.3 is 9.84 Å². The number of fused-ring (bicyclic) bond motifs is 1. The van der Waals surface area contributed by atoms with Crippen LogP contribution in [0.3, 0.4) is 0 Å². The molecule has 1 aliphatic rings. The van der Waals surface area contributed by atoms with E-state index >= 15 is 0 Å². The van der Waals surface area contributed by atoms with E-state index in [4.69, 9.17) is 4.74 Å². The molecule has 146 valence electrons. The van der Waals surface area contributed by atoms with Crippen LogP contribution in [0.15, 0.2) is 79.4 Å². The molecule has 1 atom stereocenters. The van der Waals surface area contributed by atoms with E-state index in [9.17, 15) is 9.90 Å². The van der Waals surface area contributed by atoms with Crippen molar-refractivity contribution in [2.24, 2.45) is 0 Å². The van der Waals surface area contributed by atoms with Crippen LogP contribution in [-0.4, -0.2) is 11.1 Å². The Kier molecular flexibility index (Phi) is 5.48. The van der Waals surface area contributed by atoms with Gasteiger partial charge in [0.05, 0.1) is 6.42 Å². The fourth-order valence-corrected chi connectivity index (χ4v) is 4.04. The Morgan fingerprint density at radius 2 is 1.66 bits per heavy atom. The zero-order chi connectivity index (χ0) is 20.2. The smallest absolute Gasteiger partial charge is 0.303 e. The van der Waals surface area contributed by atoms with E-state index in [1.54, 1.807) is 0 Å². The lowest BCUT2D eigenvalue weighted by molar-refractivity contribution is -0.137. The maximum atomic E-state index is 11.2. The molecular weight excluding hydrogens is 360 g/mol. The average Bonchev–Trinajstić information content (AvgIpc) is 2.74. The third-order valence-electron chi connectivity index (χ3n) is 5.53. The molecule has 0 saturated carbocycles. The molecule has 29 heavy (non-hydrogen) atoms. The van der Waals surface area contributed by atoms with Crippen molar-refractivity contribution in [2.75, 3.05) is 0 Å². The fourth-order valence-electron chi connectivity index (χ4n) is 4.04. The van der Waals surface area contributed by atoms with Gasteiger partial charge in [-0.2, -0.15) is 0 Å². The summed E-state index contributed by atoms with van der Waals surface area (Å²) in [5, 5.41) is 9.17. The lowest BCUT2D eigenvalue weighted by Gasteiger charge is -2.25. The lowest BCUT2D eigenvalue weighted by Crippen LogP contribution is -2.13. The van der Waals surface area contributed by atoms with Gasteiger partial charge in [-0.3, -0.25) is 4.79 Å². The first-order valence-electron chi connectivity index (χ1n) is 9.97. The maximum absolute atomic E-state index is 11.2.